The normalized spacial score (nSPS) is 26.6. The topological polar surface area (TPSA) is 59.1 Å². The fourth-order valence-corrected chi connectivity index (χ4v) is 2.96. The first-order chi connectivity index (χ1) is 9.04. The third-order valence-corrected chi connectivity index (χ3v) is 4.38. The number of hydrogen-bond acceptors (Lipinski definition) is 4. The summed E-state index contributed by atoms with van der Waals surface area (Å²) in [5, 5.41) is 6.70. The van der Waals surface area contributed by atoms with Crippen molar-refractivity contribution in [2.75, 3.05) is 6.54 Å². The van der Waals surface area contributed by atoms with Crippen LogP contribution >= 0.6 is 0 Å². The van der Waals surface area contributed by atoms with E-state index in [-0.39, 0.29) is 6.04 Å². The summed E-state index contributed by atoms with van der Waals surface area (Å²) in [5.74, 6) is 0. The second-order valence-electron chi connectivity index (χ2n) is 5.76. The molecule has 5 nitrogen and oxygen atoms in total. The Morgan fingerprint density at radius 3 is 2.53 bits per heavy atom. The van der Waals surface area contributed by atoms with Gasteiger partial charge in [0.1, 0.15) is 0 Å². The van der Waals surface area contributed by atoms with Gasteiger partial charge < -0.3 is 5.73 Å². The van der Waals surface area contributed by atoms with E-state index >= 15 is 0 Å². The number of rotatable bonds is 4. The predicted molar refractivity (Wildman–Crippen MR) is 77.5 cm³/mol. The third kappa shape index (κ3) is 2.99. The molecule has 0 spiro atoms. The van der Waals surface area contributed by atoms with Crippen molar-refractivity contribution < 1.29 is 0 Å². The maximum absolute atomic E-state index is 5.96. The Bertz CT molecular complexity index is 404. The zero-order valence-electron chi connectivity index (χ0n) is 12.6. The van der Waals surface area contributed by atoms with Gasteiger partial charge in [0.25, 0.3) is 0 Å². The monoisotopic (exact) mass is 265 g/mol. The van der Waals surface area contributed by atoms with Gasteiger partial charge in [-0.1, -0.05) is 6.42 Å². The fraction of sp³-hybridized carbons (Fsp3) is 0.786. The lowest BCUT2D eigenvalue weighted by atomic mass is 9.99. The highest BCUT2D eigenvalue weighted by molar-refractivity contribution is 5.20. The number of piperidine rings is 1. The van der Waals surface area contributed by atoms with Crippen LogP contribution in [-0.4, -0.2) is 33.4 Å². The molecule has 2 heterocycles. The first-order valence-corrected chi connectivity index (χ1v) is 7.27. The molecule has 19 heavy (non-hydrogen) atoms. The van der Waals surface area contributed by atoms with Gasteiger partial charge in [0.05, 0.1) is 12.2 Å². The van der Waals surface area contributed by atoms with Crippen LogP contribution in [-0.2, 0) is 7.05 Å². The lowest BCUT2D eigenvalue weighted by molar-refractivity contribution is 0.0303. The van der Waals surface area contributed by atoms with Gasteiger partial charge in [-0.25, -0.2) is 10.4 Å². The van der Waals surface area contributed by atoms with Crippen molar-refractivity contribution >= 4 is 0 Å². The number of hydrazine groups is 1. The summed E-state index contributed by atoms with van der Waals surface area (Å²) >= 11 is 0. The van der Waals surface area contributed by atoms with E-state index in [2.05, 4.69) is 36.3 Å². The van der Waals surface area contributed by atoms with Crippen LogP contribution < -0.4 is 11.2 Å². The number of nitrogens with zero attached hydrogens (tertiary/aromatic N) is 3. The quantitative estimate of drug-likeness (QED) is 0.866. The van der Waals surface area contributed by atoms with Gasteiger partial charge in [0.15, 0.2) is 0 Å². The average molecular weight is 265 g/mol. The Kier molecular flexibility index (Phi) is 4.60. The minimum Gasteiger partial charge on any atom is -0.329 e. The van der Waals surface area contributed by atoms with Crippen LogP contribution in [0.3, 0.4) is 0 Å². The van der Waals surface area contributed by atoms with Crippen LogP contribution in [0.5, 0.6) is 0 Å². The van der Waals surface area contributed by atoms with Gasteiger partial charge in [-0.2, -0.15) is 5.10 Å². The van der Waals surface area contributed by atoms with E-state index < -0.39 is 0 Å². The molecule has 0 saturated carbocycles. The van der Waals surface area contributed by atoms with E-state index in [0.29, 0.717) is 18.6 Å². The fourth-order valence-electron chi connectivity index (χ4n) is 2.96. The van der Waals surface area contributed by atoms with Gasteiger partial charge in [0, 0.05) is 36.9 Å². The van der Waals surface area contributed by atoms with Gasteiger partial charge in [-0.3, -0.25) is 4.68 Å². The van der Waals surface area contributed by atoms with Crippen molar-refractivity contribution in [2.45, 2.75) is 58.2 Å². The minimum atomic E-state index is 0.150. The molecule has 5 heteroatoms. The zero-order chi connectivity index (χ0) is 14.0. The Balaban J connectivity index is 2.12. The Morgan fingerprint density at radius 1 is 1.42 bits per heavy atom. The van der Waals surface area contributed by atoms with Crippen LogP contribution in [0.15, 0.2) is 6.20 Å². The molecule has 3 unspecified atom stereocenters. The molecule has 0 aromatic carbocycles. The van der Waals surface area contributed by atoms with Gasteiger partial charge >= 0.3 is 0 Å². The van der Waals surface area contributed by atoms with E-state index in [1.54, 1.807) is 0 Å². The first kappa shape index (κ1) is 14.5. The third-order valence-electron chi connectivity index (χ3n) is 4.38. The summed E-state index contributed by atoms with van der Waals surface area (Å²) in [5.41, 5.74) is 12.0. The zero-order valence-corrected chi connectivity index (χ0v) is 12.6. The first-order valence-electron chi connectivity index (χ1n) is 7.27. The highest BCUT2D eigenvalue weighted by atomic mass is 15.5. The van der Waals surface area contributed by atoms with Crippen LogP contribution in [0, 0.1) is 6.92 Å². The Morgan fingerprint density at radius 2 is 2.05 bits per heavy atom. The summed E-state index contributed by atoms with van der Waals surface area (Å²) in [6.07, 6.45) is 5.75. The molecule has 2 rings (SSSR count). The number of nitrogens with one attached hydrogen (secondary N) is 1. The van der Waals surface area contributed by atoms with Crippen molar-refractivity contribution in [3.8, 4) is 0 Å². The van der Waals surface area contributed by atoms with Gasteiger partial charge in [-0.05, 0) is 33.6 Å². The van der Waals surface area contributed by atoms with E-state index in [4.69, 9.17) is 5.73 Å². The highest BCUT2D eigenvalue weighted by Crippen LogP contribution is 2.24. The number of aromatic nitrogens is 2. The molecule has 1 aromatic heterocycles. The van der Waals surface area contributed by atoms with Crippen LogP contribution in [0.4, 0.5) is 0 Å². The molecule has 0 amide bonds. The molecule has 1 fully saturated rings. The lowest BCUT2D eigenvalue weighted by Gasteiger charge is -2.41. The molecule has 1 aromatic rings. The molecule has 0 radical (unpaired) electrons. The Labute approximate surface area is 116 Å². The number of hydrogen-bond donors (Lipinski definition) is 2. The van der Waals surface area contributed by atoms with E-state index in [9.17, 15) is 0 Å². The summed E-state index contributed by atoms with van der Waals surface area (Å²) in [6, 6.07) is 1.28. The smallest absolute Gasteiger partial charge is 0.0620 e. The molecular weight excluding hydrogens is 238 g/mol. The number of nitrogens with two attached hydrogens (primary N) is 1. The van der Waals surface area contributed by atoms with Gasteiger partial charge in [-0.15, -0.1) is 0 Å². The summed E-state index contributed by atoms with van der Waals surface area (Å²) in [4.78, 5) is 0. The predicted octanol–water partition coefficient (Wildman–Crippen LogP) is 1.50. The molecule has 1 aliphatic rings. The van der Waals surface area contributed by atoms with Crippen molar-refractivity contribution in [2.24, 2.45) is 12.8 Å². The summed E-state index contributed by atoms with van der Waals surface area (Å²) in [7, 11) is 1.97. The molecule has 1 aliphatic heterocycles. The maximum atomic E-state index is 5.96. The maximum Gasteiger partial charge on any atom is 0.0620 e. The largest absolute Gasteiger partial charge is 0.329 e. The molecule has 3 N–H and O–H groups in total. The van der Waals surface area contributed by atoms with Crippen molar-refractivity contribution in [3.05, 3.63) is 17.5 Å². The SMILES string of the molecule is Cc1c(C(CN)NN2C(C)CCCC2C)cnn1C. The van der Waals surface area contributed by atoms with Crippen molar-refractivity contribution in [3.63, 3.8) is 0 Å². The molecule has 0 bridgehead atoms. The standard InChI is InChI=1S/C14H27N5/c1-10-6-5-7-11(2)19(10)17-14(8-15)13-9-16-18(4)12(13)3/h9-11,14,17H,5-8,15H2,1-4H3. The molecule has 1 saturated heterocycles. The van der Waals surface area contributed by atoms with Crippen LogP contribution in [0.1, 0.15) is 50.4 Å². The van der Waals surface area contributed by atoms with Crippen molar-refractivity contribution in [1.29, 1.82) is 0 Å². The highest BCUT2D eigenvalue weighted by Gasteiger charge is 2.27. The van der Waals surface area contributed by atoms with E-state index in [1.165, 1.54) is 30.5 Å². The Hall–Kier alpha value is -0.910. The van der Waals surface area contributed by atoms with E-state index in [0.717, 1.165) is 0 Å². The number of aryl methyl sites for hydroxylation is 1. The molecule has 108 valence electrons. The molecule has 0 aliphatic carbocycles. The summed E-state index contributed by atoms with van der Waals surface area (Å²) in [6.45, 7) is 7.25. The average Bonchev–Trinajstić information content (AvgIpc) is 2.71. The van der Waals surface area contributed by atoms with Gasteiger partial charge in [0.2, 0.25) is 0 Å². The molecule has 3 atom stereocenters. The summed E-state index contributed by atoms with van der Waals surface area (Å²) < 4.78 is 1.91. The van der Waals surface area contributed by atoms with Crippen molar-refractivity contribution in [1.82, 2.24) is 20.2 Å². The lowest BCUT2D eigenvalue weighted by Crippen LogP contribution is -2.54. The second-order valence-corrected chi connectivity index (χ2v) is 5.76. The van der Waals surface area contributed by atoms with E-state index in [1.807, 2.05) is 17.9 Å². The second kappa shape index (κ2) is 6.03. The molecular formula is C14H27N5. The van der Waals surface area contributed by atoms with Crippen LogP contribution in [0.2, 0.25) is 0 Å². The minimum absolute atomic E-state index is 0.150. The van der Waals surface area contributed by atoms with Crippen LogP contribution in [0.25, 0.3) is 0 Å².